The van der Waals surface area contributed by atoms with Crippen LogP contribution in [-0.2, 0) is 4.79 Å². The second-order valence-electron chi connectivity index (χ2n) is 7.36. The van der Waals surface area contributed by atoms with Gasteiger partial charge in [-0.3, -0.25) is 9.59 Å². The maximum atomic E-state index is 12.6. The zero-order valence-electron chi connectivity index (χ0n) is 16.5. The summed E-state index contributed by atoms with van der Waals surface area (Å²) in [6, 6.07) is 12.4. The van der Waals surface area contributed by atoms with Gasteiger partial charge < -0.3 is 14.2 Å². The normalized spacial score (nSPS) is 17.7. The number of fused-ring (bicyclic) bond motifs is 1. The molecule has 5 heteroatoms. The molecule has 2 aromatic rings. The monoisotopic (exact) mass is 392 g/mol. The molecule has 0 N–H and O–H groups in total. The molecule has 0 saturated heterocycles. The molecule has 0 amide bonds. The molecule has 0 radical (unpaired) electrons. The zero-order valence-corrected chi connectivity index (χ0v) is 16.5. The summed E-state index contributed by atoms with van der Waals surface area (Å²) in [5.74, 6) is 1.45. The fourth-order valence-electron chi connectivity index (χ4n) is 3.75. The minimum Gasteiger partial charge on any atom is -0.494 e. The SMILES string of the molecule is CCOc1ccc(/C=C2\Oc3cc(OC(=O)C4CCCCC4)ccc3C2=O)cc1. The summed E-state index contributed by atoms with van der Waals surface area (Å²) in [5, 5.41) is 0. The summed E-state index contributed by atoms with van der Waals surface area (Å²) >= 11 is 0. The maximum absolute atomic E-state index is 12.6. The van der Waals surface area contributed by atoms with E-state index in [1.807, 2.05) is 31.2 Å². The van der Waals surface area contributed by atoms with E-state index in [4.69, 9.17) is 14.2 Å². The Labute approximate surface area is 170 Å². The minimum atomic E-state index is -0.195. The number of carbonyl (C=O) groups excluding carboxylic acids is 2. The molecular weight excluding hydrogens is 368 g/mol. The Morgan fingerprint density at radius 3 is 2.52 bits per heavy atom. The Bertz CT molecular complexity index is 936. The van der Waals surface area contributed by atoms with E-state index in [0.29, 0.717) is 23.7 Å². The van der Waals surface area contributed by atoms with E-state index in [9.17, 15) is 9.59 Å². The third-order valence-corrected chi connectivity index (χ3v) is 5.29. The van der Waals surface area contributed by atoms with Crippen LogP contribution in [0.4, 0.5) is 0 Å². The number of hydrogen-bond acceptors (Lipinski definition) is 5. The molecule has 2 aromatic carbocycles. The van der Waals surface area contributed by atoms with Crippen molar-refractivity contribution >= 4 is 17.8 Å². The average Bonchev–Trinajstić information content (AvgIpc) is 3.05. The molecule has 1 heterocycles. The van der Waals surface area contributed by atoms with Gasteiger partial charge in [0.15, 0.2) is 5.76 Å². The Kier molecular flexibility index (Phi) is 5.65. The van der Waals surface area contributed by atoms with Gasteiger partial charge in [-0.2, -0.15) is 0 Å². The van der Waals surface area contributed by atoms with Crippen LogP contribution in [-0.4, -0.2) is 18.4 Å². The quantitative estimate of drug-likeness (QED) is 0.398. The van der Waals surface area contributed by atoms with Crippen LogP contribution in [0.1, 0.15) is 54.9 Å². The topological polar surface area (TPSA) is 61.8 Å². The van der Waals surface area contributed by atoms with E-state index in [2.05, 4.69) is 0 Å². The third-order valence-electron chi connectivity index (χ3n) is 5.29. The lowest BCUT2D eigenvalue weighted by Crippen LogP contribution is -2.22. The molecule has 29 heavy (non-hydrogen) atoms. The standard InChI is InChI=1S/C24H24O5/c1-2-27-18-10-8-16(9-11-18)14-22-23(25)20-13-12-19(15-21(20)29-22)28-24(26)17-6-4-3-5-7-17/h8-15,17H,2-7H2,1H3/b22-14-. The molecule has 2 aliphatic rings. The van der Waals surface area contributed by atoms with Crippen molar-refractivity contribution in [3.05, 3.63) is 59.4 Å². The number of carbonyl (C=O) groups is 2. The number of ketones is 1. The van der Waals surface area contributed by atoms with E-state index < -0.39 is 0 Å². The third kappa shape index (κ3) is 4.34. The van der Waals surface area contributed by atoms with Gasteiger partial charge >= 0.3 is 5.97 Å². The predicted octanol–water partition coefficient (Wildman–Crippen LogP) is 5.19. The molecule has 1 aliphatic carbocycles. The molecule has 0 aromatic heterocycles. The Balaban J connectivity index is 1.47. The Morgan fingerprint density at radius 1 is 1.07 bits per heavy atom. The highest BCUT2D eigenvalue weighted by atomic mass is 16.5. The van der Waals surface area contributed by atoms with Gasteiger partial charge in [-0.25, -0.2) is 0 Å². The molecular formula is C24H24O5. The van der Waals surface area contributed by atoms with E-state index in [0.717, 1.165) is 37.0 Å². The smallest absolute Gasteiger partial charge is 0.314 e. The van der Waals surface area contributed by atoms with Crippen molar-refractivity contribution in [3.8, 4) is 17.2 Å². The number of benzene rings is 2. The van der Waals surface area contributed by atoms with Crippen molar-refractivity contribution in [2.24, 2.45) is 5.92 Å². The molecule has 1 aliphatic heterocycles. The van der Waals surface area contributed by atoms with Gasteiger partial charge in [0, 0.05) is 6.07 Å². The fourth-order valence-corrected chi connectivity index (χ4v) is 3.75. The molecule has 0 spiro atoms. The highest BCUT2D eigenvalue weighted by Gasteiger charge is 2.29. The number of allylic oxidation sites excluding steroid dienone is 1. The van der Waals surface area contributed by atoms with E-state index >= 15 is 0 Å². The molecule has 1 fully saturated rings. The molecule has 0 bridgehead atoms. The summed E-state index contributed by atoms with van der Waals surface area (Å²) < 4.78 is 16.7. The van der Waals surface area contributed by atoms with Crippen LogP contribution in [0.25, 0.3) is 6.08 Å². The number of ether oxygens (including phenoxy) is 3. The van der Waals surface area contributed by atoms with Crippen LogP contribution in [0.15, 0.2) is 48.2 Å². The lowest BCUT2D eigenvalue weighted by Gasteiger charge is -2.19. The fraction of sp³-hybridized carbons (Fsp3) is 0.333. The number of hydrogen-bond donors (Lipinski definition) is 0. The molecule has 5 nitrogen and oxygen atoms in total. The lowest BCUT2D eigenvalue weighted by atomic mass is 9.89. The summed E-state index contributed by atoms with van der Waals surface area (Å²) in [5.41, 5.74) is 1.31. The lowest BCUT2D eigenvalue weighted by molar-refractivity contribution is -0.139. The van der Waals surface area contributed by atoms with Crippen LogP contribution < -0.4 is 14.2 Å². The van der Waals surface area contributed by atoms with Crippen molar-refractivity contribution in [2.75, 3.05) is 6.61 Å². The van der Waals surface area contributed by atoms with Crippen LogP contribution in [0, 0.1) is 5.92 Å². The first kappa shape index (κ1) is 19.2. The van der Waals surface area contributed by atoms with Gasteiger partial charge in [0.1, 0.15) is 17.2 Å². The van der Waals surface area contributed by atoms with Gasteiger partial charge in [-0.15, -0.1) is 0 Å². The second kappa shape index (κ2) is 8.52. The van der Waals surface area contributed by atoms with Crippen molar-refractivity contribution in [1.29, 1.82) is 0 Å². The van der Waals surface area contributed by atoms with Gasteiger partial charge in [0.05, 0.1) is 18.1 Å². The van der Waals surface area contributed by atoms with Crippen LogP contribution in [0.3, 0.4) is 0 Å². The van der Waals surface area contributed by atoms with E-state index in [1.165, 1.54) is 6.42 Å². The Morgan fingerprint density at radius 2 is 1.79 bits per heavy atom. The highest BCUT2D eigenvalue weighted by molar-refractivity contribution is 6.14. The van der Waals surface area contributed by atoms with Gasteiger partial charge in [-0.1, -0.05) is 31.4 Å². The molecule has 4 rings (SSSR count). The first-order valence-corrected chi connectivity index (χ1v) is 10.2. The van der Waals surface area contributed by atoms with Crippen LogP contribution in [0.2, 0.25) is 0 Å². The van der Waals surface area contributed by atoms with Gasteiger partial charge in [0.25, 0.3) is 0 Å². The minimum absolute atomic E-state index is 0.0327. The molecule has 0 atom stereocenters. The maximum Gasteiger partial charge on any atom is 0.314 e. The van der Waals surface area contributed by atoms with E-state index in [-0.39, 0.29) is 23.4 Å². The van der Waals surface area contributed by atoms with Crippen molar-refractivity contribution < 1.29 is 23.8 Å². The van der Waals surface area contributed by atoms with Crippen molar-refractivity contribution in [3.63, 3.8) is 0 Å². The van der Waals surface area contributed by atoms with E-state index in [1.54, 1.807) is 24.3 Å². The summed E-state index contributed by atoms with van der Waals surface area (Å²) in [7, 11) is 0. The van der Waals surface area contributed by atoms with Gasteiger partial charge in [0.2, 0.25) is 5.78 Å². The van der Waals surface area contributed by atoms with Crippen molar-refractivity contribution in [1.82, 2.24) is 0 Å². The van der Waals surface area contributed by atoms with Crippen LogP contribution >= 0.6 is 0 Å². The molecule has 0 unspecified atom stereocenters. The zero-order chi connectivity index (χ0) is 20.2. The first-order valence-electron chi connectivity index (χ1n) is 10.2. The summed E-state index contributed by atoms with van der Waals surface area (Å²) in [4.78, 5) is 25.0. The number of esters is 1. The summed E-state index contributed by atoms with van der Waals surface area (Å²) in [6.07, 6.45) is 6.79. The van der Waals surface area contributed by atoms with Crippen molar-refractivity contribution in [2.45, 2.75) is 39.0 Å². The average molecular weight is 392 g/mol. The predicted molar refractivity (Wildman–Crippen MR) is 109 cm³/mol. The van der Waals surface area contributed by atoms with Gasteiger partial charge in [-0.05, 0) is 55.7 Å². The highest BCUT2D eigenvalue weighted by Crippen LogP contribution is 2.35. The summed E-state index contributed by atoms with van der Waals surface area (Å²) in [6.45, 7) is 2.53. The Hall–Kier alpha value is -3.08. The first-order chi connectivity index (χ1) is 14.1. The molecule has 150 valence electrons. The van der Waals surface area contributed by atoms with Crippen LogP contribution in [0.5, 0.6) is 17.2 Å². The number of Topliss-reactive ketones (excluding diaryl/α,β-unsaturated/α-hetero) is 1. The largest absolute Gasteiger partial charge is 0.494 e. The molecule has 1 saturated carbocycles. The second-order valence-corrected chi connectivity index (χ2v) is 7.36. The number of rotatable bonds is 5.